The number of hydrogen-bond donors (Lipinski definition) is 2. The molecule has 2 N–H and O–H groups in total. The molecule has 0 saturated heterocycles. The number of carbonyl (C=O) groups excluding carboxylic acids is 1. The van der Waals surface area contributed by atoms with Crippen LogP contribution in [0.3, 0.4) is 0 Å². The number of hydrogen-bond acceptors (Lipinski definition) is 5. The van der Waals surface area contributed by atoms with Gasteiger partial charge in [-0.05, 0) is 24.1 Å². The highest BCUT2D eigenvalue weighted by Gasteiger charge is 2.07. The summed E-state index contributed by atoms with van der Waals surface area (Å²) in [4.78, 5) is 11.8. The standard InChI is InChI=1S/C14H18N4O2S/c1-3-4-12-17-18-14(21-12)16-13(19)15-9-10-5-7-11(20-2)8-6-10/h5-8H,3-4,9H2,1-2H3,(H2,15,16,18,19). The molecule has 0 radical (unpaired) electrons. The van der Waals surface area contributed by atoms with Crippen molar-refractivity contribution < 1.29 is 9.53 Å². The van der Waals surface area contributed by atoms with Gasteiger partial charge in [0.15, 0.2) is 0 Å². The van der Waals surface area contributed by atoms with E-state index in [4.69, 9.17) is 4.74 Å². The molecule has 112 valence electrons. The van der Waals surface area contributed by atoms with Crippen LogP contribution in [0.4, 0.5) is 9.93 Å². The lowest BCUT2D eigenvalue weighted by Crippen LogP contribution is -2.28. The Morgan fingerprint density at radius 2 is 2.05 bits per heavy atom. The number of anilines is 1. The highest BCUT2D eigenvalue weighted by Crippen LogP contribution is 2.16. The second-order valence-electron chi connectivity index (χ2n) is 4.41. The molecule has 0 bridgehead atoms. The number of methoxy groups -OCH3 is 1. The van der Waals surface area contributed by atoms with E-state index in [1.807, 2.05) is 24.3 Å². The summed E-state index contributed by atoms with van der Waals surface area (Å²) in [5, 5.41) is 14.9. The Kier molecular flexibility index (Phi) is 5.51. The predicted molar refractivity (Wildman–Crippen MR) is 82.8 cm³/mol. The van der Waals surface area contributed by atoms with Gasteiger partial charge in [-0.2, -0.15) is 0 Å². The van der Waals surface area contributed by atoms with Crippen molar-refractivity contribution >= 4 is 22.5 Å². The summed E-state index contributed by atoms with van der Waals surface area (Å²) < 4.78 is 5.08. The van der Waals surface area contributed by atoms with Crippen molar-refractivity contribution in [1.82, 2.24) is 15.5 Å². The number of aryl methyl sites for hydroxylation is 1. The van der Waals surface area contributed by atoms with Crippen LogP contribution in [-0.2, 0) is 13.0 Å². The number of carbonyl (C=O) groups is 1. The summed E-state index contributed by atoms with van der Waals surface area (Å²) in [7, 11) is 1.62. The van der Waals surface area contributed by atoms with E-state index in [0.717, 1.165) is 29.2 Å². The highest BCUT2D eigenvalue weighted by atomic mass is 32.1. The van der Waals surface area contributed by atoms with Crippen LogP contribution in [0.25, 0.3) is 0 Å². The summed E-state index contributed by atoms with van der Waals surface area (Å²) in [6.07, 6.45) is 1.89. The molecule has 21 heavy (non-hydrogen) atoms. The maximum Gasteiger partial charge on any atom is 0.321 e. The summed E-state index contributed by atoms with van der Waals surface area (Å²) >= 11 is 1.40. The first kappa shape index (κ1) is 15.2. The summed E-state index contributed by atoms with van der Waals surface area (Å²) in [5.74, 6) is 0.792. The normalized spacial score (nSPS) is 10.2. The van der Waals surface area contributed by atoms with Crippen LogP contribution >= 0.6 is 11.3 Å². The molecule has 0 aliphatic heterocycles. The molecule has 2 rings (SSSR count). The highest BCUT2D eigenvalue weighted by molar-refractivity contribution is 7.15. The molecule has 0 aliphatic rings. The first-order valence-corrected chi connectivity index (χ1v) is 7.53. The molecule has 6 nitrogen and oxygen atoms in total. The lowest BCUT2D eigenvalue weighted by atomic mass is 10.2. The average Bonchev–Trinajstić information content (AvgIpc) is 2.93. The molecule has 1 aromatic carbocycles. The molecule has 0 saturated carbocycles. The van der Waals surface area contributed by atoms with Gasteiger partial charge in [0, 0.05) is 13.0 Å². The van der Waals surface area contributed by atoms with Crippen LogP contribution in [-0.4, -0.2) is 23.3 Å². The Morgan fingerprint density at radius 3 is 2.71 bits per heavy atom. The van der Waals surface area contributed by atoms with E-state index in [2.05, 4.69) is 27.8 Å². The van der Waals surface area contributed by atoms with Crippen LogP contribution in [0.5, 0.6) is 5.75 Å². The Morgan fingerprint density at radius 1 is 1.29 bits per heavy atom. The molecule has 0 aliphatic carbocycles. The van der Waals surface area contributed by atoms with Gasteiger partial charge in [-0.15, -0.1) is 10.2 Å². The first-order chi connectivity index (χ1) is 10.2. The number of rotatable bonds is 6. The molecule has 0 spiro atoms. The van der Waals surface area contributed by atoms with Crippen molar-refractivity contribution in [2.45, 2.75) is 26.3 Å². The van der Waals surface area contributed by atoms with E-state index >= 15 is 0 Å². The van der Waals surface area contributed by atoms with Gasteiger partial charge in [-0.3, -0.25) is 5.32 Å². The molecule has 2 aromatic rings. The van der Waals surface area contributed by atoms with Crippen LogP contribution in [0.1, 0.15) is 23.9 Å². The third-order valence-electron chi connectivity index (χ3n) is 2.76. The van der Waals surface area contributed by atoms with E-state index in [0.29, 0.717) is 11.7 Å². The van der Waals surface area contributed by atoms with Crippen molar-refractivity contribution in [2.75, 3.05) is 12.4 Å². The second kappa shape index (κ2) is 7.58. The van der Waals surface area contributed by atoms with E-state index in [1.54, 1.807) is 7.11 Å². The minimum absolute atomic E-state index is 0.287. The SMILES string of the molecule is CCCc1nnc(NC(=O)NCc2ccc(OC)cc2)s1. The second-order valence-corrected chi connectivity index (χ2v) is 5.47. The van der Waals surface area contributed by atoms with Crippen molar-refractivity contribution in [1.29, 1.82) is 0 Å². The number of ether oxygens (including phenoxy) is 1. The van der Waals surface area contributed by atoms with E-state index < -0.39 is 0 Å². The van der Waals surface area contributed by atoms with Crippen LogP contribution < -0.4 is 15.4 Å². The van der Waals surface area contributed by atoms with Gasteiger partial charge in [-0.25, -0.2) is 4.79 Å². The van der Waals surface area contributed by atoms with Gasteiger partial charge in [0.1, 0.15) is 10.8 Å². The number of aromatic nitrogens is 2. The number of urea groups is 1. The largest absolute Gasteiger partial charge is 0.497 e. The lowest BCUT2D eigenvalue weighted by Gasteiger charge is -2.06. The fourth-order valence-electron chi connectivity index (χ4n) is 1.69. The maximum atomic E-state index is 11.8. The smallest absolute Gasteiger partial charge is 0.321 e. The zero-order valence-electron chi connectivity index (χ0n) is 12.0. The molecule has 0 atom stereocenters. The Hall–Kier alpha value is -2.15. The van der Waals surface area contributed by atoms with Crippen molar-refractivity contribution in [3.8, 4) is 5.75 Å². The topological polar surface area (TPSA) is 76.1 Å². The van der Waals surface area contributed by atoms with Crippen LogP contribution in [0.2, 0.25) is 0 Å². The van der Waals surface area contributed by atoms with Gasteiger partial charge in [0.2, 0.25) is 5.13 Å². The third kappa shape index (κ3) is 4.71. The third-order valence-corrected chi connectivity index (χ3v) is 3.66. The van der Waals surface area contributed by atoms with Gasteiger partial charge in [-0.1, -0.05) is 30.4 Å². The minimum Gasteiger partial charge on any atom is -0.497 e. The molecule has 1 aromatic heterocycles. The number of nitrogens with one attached hydrogen (secondary N) is 2. The monoisotopic (exact) mass is 306 g/mol. The molecular weight excluding hydrogens is 288 g/mol. The van der Waals surface area contributed by atoms with E-state index in [-0.39, 0.29) is 6.03 Å². The van der Waals surface area contributed by atoms with Gasteiger partial charge in [0.05, 0.1) is 7.11 Å². The maximum absolute atomic E-state index is 11.8. The predicted octanol–water partition coefficient (Wildman–Crippen LogP) is 2.82. The van der Waals surface area contributed by atoms with Crippen molar-refractivity contribution in [3.63, 3.8) is 0 Å². The lowest BCUT2D eigenvalue weighted by molar-refractivity contribution is 0.251. The number of amides is 2. The van der Waals surface area contributed by atoms with Gasteiger partial charge >= 0.3 is 6.03 Å². The van der Waals surface area contributed by atoms with E-state index in [1.165, 1.54) is 11.3 Å². The van der Waals surface area contributed by atoms with Crippen molar-refractivity contribution in [3.05, 3.63) is 34.8 Å². The summed E-state index contributed by atoms with van der Waals surface area (Å²) in [6.45, 7) is 2.52. The zero-order chi connectivity index (χ0) is 15.1. The fraction of sp³-hybridized carbons (Fsp3) is 0.357. The Bertz CT molecular complexity index is 583. The Labute approximate surface area is 127 Å². The molecule has 2 amide bonds. The molecule has 7 heteroatoms. The summed E-state index contributed by atoms with van der Waals surface area (Å²) in [6, 6.07) is 7.24. The molecule has 0 fully saturated rings. The molecule has 1 heterocycles. The quantitative estimate of drug-likeness (QED) is 0.860. The van der Waals surface area contributed by atoms with Crippen molar-refractivity contribution in [2.24, 2.45) is 0 Å². The molecule has 0 unspecified atom stereocenters. The summed E-state index contributed by atoms with van der Waals surface area (Å²) in [5.41, 5.74) is 0.995. The number of benzene rings is 1. The van der Waals surface area contributed by atoms with E-state index in [9.17, 15) is 4.79 Å². The molecular formula is C14H18N4O2S. The van der Waals surface area contributed by atoms with Crippen LogP contribution in [0, 0.1) is 0 Å². The zero-order valence-corrected chi connectivity index (χ0v) is 12.9. The average molecular weight is 306 g/mol. The van der Waals surface area contributed by atoms with Gasteiger partial charge in [0.25, 0.3) is 0 Å². The Balaban J connectivity index is 1.80. The minimum atomic E-state index is -0.287. The van der Waals surface area contributed by atoms with Crippen LogP contribution in [0.15, 0.2) is 24.3 Å². The number of nitrogens with zero attached hydrogens (tertiary/aromatic N) is 2. The fourth-order valence-corrected chi connectivity index (χ4v) is 2.52. The van der Waals surface area contributed by atoms with Gasteiger partial charge < -0.3 is 10.1 Å². The first-order valence-electron chi connectivity index (χ1n) is 6.71.